The van der Waals surface area contributed by atoms with Crippen molar-refractivity contribution in [2.45, 2.75) is 104 Å². The Balaban J connectivity index is 1.67. The molecule has 0 spiro atoms. The largest absolute Gasteiger partial charge is 0.494 e. The molecule has 1 N–H and O–H groups in total. The maximum absolute atomic E-state index is 12.3. The Bertz CT molecular complexity index is 746. The molecule has 0 atom stereocenters. The first-order valence-electron chi connectivity index (χ1n) is 12.8. The smallest absolute Gasteiger partial charge is 0.311 e. The van der Waals surface area contributed by atoms with Crippen LogP contribution in [0.3, 0.4) is 0 Å². The predicted molar refractivity (Wildman–Crippen MR) is 134 cm³/mol. The third kappa shape index (κ3) is 10.0. The first-order chi connectivity index (χ1) is 15.8. The number of amides is 1. The lowest BCUT2D eigenvalue weighted by Crippen LogP contribution is -2.39. The quantitative estimate of drug-likeness (QED) is 0.210. The Kier molecular flexibility index (Phi) is 11.5. The van der Waals surface area contributed by atoms with Crippen LogP contribution >= 0.6 is 0 Å². The second-order valence-corrected chi connectivity index (χ2v) is 9.79. The summed E-state index contributed by atoms with van der Waals surface area (Å²) in [6.45, 7) is 8.81. The summed E-state index contributed by atoms with van der Waals surface area (Å²) in [6.07, 6.45) is 13.5. The van der Waals surface area contributed by atoms with E-state index in [1.165, 1.54) is 25.7 Å². The molecule has 33 heavy (non-hydrogen) atoms. The summed E-state index contributed by atoms with van der Waals surface area (Å²) >= 11 is 0. The van der Waals surface area contributed by atoms with Crippen molar-refractivity contribution in [2.75, 3.05) is 6.61 Å². The molecule has 5 heteroatoms. The highest BCUT2D eigenvalue weighted by molar-refractivity contribution is 5.91. The maximum Gasteiger partial charge on any atom is 0.311 e. The summed E-state index contributed by atoms with van der Waals surface area (Å²) in [7, 11) is 0. The van der Waals surface area contributed by atoms with Crippen LogP contribution in [0.2, 0.25) is 0 Å². The molecule has 1 aliphatic rings. The molecule has 1 aliphatic carbocycles. The zero-order valence-electron chi connectivity index (χ0n) is 21.0. The van der Waals surface area contributed by atoms with Gasteiger partial charge in [-0.2, -0.15) is 0 Å². The highest BCUT2D eigenvalue weighted by atomic mass is 16.5. The van der Waals surface area contributed by atoms with Crippen LogP contribution < -0.4 is 10.1 Å². The molecule has 2 rings (SSSR count). The number of unbranched alkanes of at least 4 members (excludes halogenated alkanes) is 4. The van der Waals surface area contributed by atoms with Gasteiger partial charge >= 0.3 is 5.97 Å². The number of ether oxygens (including phenoxy) is 2. The van der Waals surface area contributed by atoms with Gasteiger partial charge in [-0.1, -0.05) is 51.7 Å². The molecular weight excluding hydrogens is 414 g/mol. The molecule has 0 unspecified atom stereocenters. The first kappa shape index (κ1) is 26.9. The Morgan fingerprint density at radius 3 is 2.30 bits per heavy atom. The van der Waals surface area contributed by atoms with E-state index in [1.807, 2.05) is 51.1 Å². The average Bonchev–Trinajstić information content (AvgIpc) is 2.82. The molecule has 1 saturated carbocycles. The number of hydrogen-bond acceptors (Lipinski definition) is 4. The molecule has 0 aromatic heterocycles. The summed E-state index contributed by atoms with van der Waals surface area (Å²) in [5, 5.41) is 3.07. The minimum Gasteiger partial charge on any atom is -0.494 e. The van der Waals surface area contributed by atoms with Gasteiger partial charge in [0, 0.05) is 12.1 Å². The van der Waals surface area contributed by atoms with Crippen molar-refractivity contribution < 1.29 is 19.1 Å². The standard InChI is InChI=1S/C28H43NO4/c1-5-7-8-9-10-21-32-24-16-11-22(12-17-24)13-20-26(30)29-23-14-18-25(19-15-23)33-27(31)28(3,4)6-2/h11-13,16-17,20,23,25H,5-10,14-15,18-19,21H2,1-4H3,(H,29,30)/b20-13+/t23-,25-. The predicted octanol–water partition coefficient (Wildman–Crippen LogP) is 6.46. The Morgan fingerprint density at radius 1 is 1.00 bits per heavy atom. The zero-order valence-corrected chi connectivity index (χ0v) is 21.0. The fourth-order valence-electron chi connectivity index (χ4n) is 3.77. The number of carbonyl (C=O) groups excluding carboxylic acids is 2. The minimum atomic E-state index is -0.436. The molecule has 0 radical (unpaired) electrons. The minimum absolute atomic E-state index is 0.0379. The van der Waals surface area contributed by atoms with Crippen LogP contribution in [-0.2, 0) is 14.3 Å². The maximum atomic E-state index is 12.3. The zero-order chi connectivity index (χ0) is 24.1. The fourth-order valence-corrected chi connectivity index (χ4v) is 3.77. The highest BCUT2D eigenvalue weighted by Gasteiger charge is 2.31. The van der Waals surface area contributed by atoms with Gasteiger partial charge < -0.3 is 14.8 Å². The number of carbonyl (C=O) groups is 2. The summed E-state index contributed by atoms with van der Waals surface area (Å²) in [5.74, 6) is 0.658. The topological polar surface area (TPSA) is 64.6 Å². The number of esters is 1. The second-order valence-electron chi connectivity index (χ2n) is 9.79. The van der Waals surface area contributed by atoms with Crippen LogP contribution in [0.25, 0.3) is 6.08 Å². The van der Waals surface area contributed by atoms with Crippen molar-refractivity contribution in [1.82, 2.24) is 5.32 Å². The van der Waals surface area contributed by atoms with E-state index < -0.39 is 5.41 Å². The molecule has 1 fully saturated rings. The molecule has 0 saturated heterocycles. The molecule has 5 nitrogen and oxygen atoms in total. The van der Waals surface area contributed by atoms with Crippen molar-refractivity contribution in [3.8, 4) is 5.75 Å². The van der Waals surface area contributed by atoms with Crippen molar-refractivity contribution in [2.24, 2.45) is 5.41 Å². The van der Waals surface area contributed by atoms with E-state index in [0.717, 1.165) is 56.4 Å². The van der Waals surface area contributed by atoms with Crippen LogP contribution in [0.1, 0.15) is 97.5 Å². The van der Waals surface area contributed by atoms with Crippen LogP contribution in [0, 0.1) is 5.41 Å². The summed E-state index contributed by atoms with van der Waals surface area (Å²) in [6, 6.07) is 7.96. The van der Waals surface area contributed by atoms with E-state index in [0.29, 0.717) is 0 Å². The summed E-state index contributed by atoms with van der Waals surface area (Å²) < 4.78 is 11.5. The van der Waals surface area contributed by atoms with Gasteiger partial charge in [-0.05, 0) is 76.1 Å². The van der Waals surface area contributed by atoms with Gasteiger partial charge in [-0.25, -0.2) is 0 Å². The Morgan fingerprint density at radius 2 is 1.67 bits per heavy atom. The van der Waals surface area contributed by atoms with Crippen molar-refractivity contribution in [3.05, 3.63) is 35.9 Å². The molecule has 184 valence electrons. The summed E-state index contributed by atoms with van der Waals surface area (Å²) in [5.41, 5.74) is 0.531. The average molecular weight is 458 g/mol. The van der Waals surface area contributed by atoms with E-state index in [1.54, 1.807) is 6.08 Å². The molecule has 0 aliphatic heterocycles. The van der Waals surface area contributed by atoms with Gasteiger partial charge in [0.25, 0.3) is 0 Å². The van der Waals surface area contributed by atoms with Crippen molar-refractivity contribution in [1.29, 1.82) is 0 Å². The second kappa shape index (κ2) is 14.1. The van der Waals surface area contributed by atoms with Crippen LogP contribution in [0.4, 0.5) is 0 Å². The van der Waals surface area contributed by atoms with Gasteiger partial charge in [-0.3, -0.25) is 9.59 Å². The monoisotopic (exact) mass is 457 g/mol. The van der Waals surface area contributed by atoms with E-state index >= 15 is 0 Å². The number of hydrogen-bond donors (Lipinski definition) is 1. The van der Waals surface area contributed by atoms with E-state index in [4.69, 9.17) is 9.47 Å². The van der Waals surface area contributed by atoms with Crippen LogP contribution in [-0.4, -0.2) is 30.6 Å². The van der Waals surface area contributed by atoms with Crippen molar-refractivity contribution >= 4 is 18.0 Å². The summed E-state index contributed by atoms with van der Waals surface area (Å²) in [4.78, 5) is 24.6. The Hall–Kier alpha value is -2.30. The van der Waals surface area contributed by atoms with Crippen molar-refractivity contribution in [3.63, 3.8) is 0 Å². The molecule has 0 heterocycles. The third-order valence-electron chi connectivity index (χ3n) is 6.55. The molecule has 0 bridgehead atoms. The van der Waals surface area contributed by atoms with E-state index in [9.17, 15) is 9.59 Å². The van der Waals surface area contributed by atoms with E-state index in [-0.39, 0.29) is 24.0 Å². The molecular formula is C28H43NO4. The van der Waals surface area contributed by atoms with Gasteiger partial charge in [0.05, 0.1) is 12.0 Å². The normalized spacial score (nSPS) is 18.8. The lowest BCUT2D eigenvalue weighted by Gasteiger charge is -2.31. The SMILES string of the molecule is CCCCCCCOc1ccc(/C=C/C(=O)N[C@H]2CC[C@H](OC(=O)C(C)(C)CC)CC2)cc1. The van der Waals surface area contributed by atoms with Crippen LogP contribution in [0.5, 0.6) is 5.75 Å². The number of rotatable bonds is 13. The molecule has 1 aromatic rings. The van der Waals surface area contributed by atoms with Gasteiger partial charge in [0.1, 0.15) is 11.9 Å². The molecule has 1 amide bonds. The Labute approximate surface area is 200 Å². The third-order valence-corrected chi connectivity index (χ3v) is 6.55. The van der Waals surface area contributed by atoms with Gasteiger partial charge in [-0.15, -0.1) is 0 Å². The highest BCUT2D eigenvalue weighted by Crippen LogP contribution is 2.27. The first-order valence-corrected chi connectivity index (χ1v) is 12.8. The number of benzene rings is 1. The van der Waals surface area contributed by atoms with Gasteiger partial charge in [0.2, 0.25) is 5.91 Å². The number of nitrogens with one attached hydrogen (secondary N) is 1. The lowest BCUT2D eigenvalue weighted by atomic mass is 9.89. The van der Waals surface area contributed by atoms with Gasteiger partial charge in [0.15, 0.2) is 0 Å². The lowest BCUT2D eigenvalue weighted by molar-refractivity contribution is -0.161. The van der Waals surface area contributed by atoms with E-state index in [2.05, 4.69) is 12.2 Å². The fraction of sp³-hybridized carbons (Fsp3) is 0.643. The van der Waals surface area contributed by atoms with Crippen LogP contribution in [0.15, 0.2) is 30.3 Å². The molecule has 1 aromatic carbocycles.